The lowest BCUT2D eigenvalue weighted by atomic mass is 10.2. The second-order valence-electron chi connectivity index (χ2n) is 8.95. The number of nitro groups is 1. The summed E-state index contributed by atoms with van der Waals surface area (Å²) < 4.78 is 34.1. The number of rotatable bonds is 11. The van der Waals surface area contributed by atoms with Crippen LogP contribution in [0.4, 0.5) is 5.69 Å². The van der Waals surface area contributed by atoms with Gasteiger partial charge in [0.15, 0.2) is 0 Å². The van der Waals surface area contributed by atoms with Gasteiger partial charge in [0.05, 0.1) is 29.0 Å². The van der Waals surface area contributed by atoms with Crippen LogP contribution in [-0.2, 0) is 32.6 Å². The van der Waals surface area contributed by atoms with E-state index in [1.165, 1.54) is 12.1 Å². The summed E-state index contributed by atoms with van der Waals surface area (Å²) in [6.07, 6.45) is 1.20. The van der Waals surface area contributed by atoms with Gasteiger partial charge < -0.3 is 9.64 Å². The first-order valence-corrected chi connectivity index (χ1v) is 14.3. The maximum atomic E-state index is 13.7. The summed E-state index contributed by atoms with van der Waals surface area (Å²) in [5, 5.41) is 13.0. The molecule has 1 amide bonds. The summed E-state index contributed by atoms with van der Waals surface area (Å²) in [4.78, 5) is 26.7. The standard InChI is InChI=1S/C26H29N3O6S2/c1-20-13-15-36-25(20)18-27(16-21-6-3-2-4-7-21)26(30)19-28(17-23-8-5-14-35-23)37(33,34)24-11-9-22(10-12-24)29(31)32/h2-4,6-7,9-13,15,23H,5,8,14,16-19H2,1H3. The summed E-state index contributed by atoms with van der Waals surface area (Å²) in [6, 6.07) is 16.3. The zero-order valence-corrected chi connectivity index (χ0v) is 22.1. The lowest BCUT2D eigenvalue weighted by molar-refractivity contribution is -0.384. The van der Waals surface area contributed by atoms with Crippen LogP contribution in [0.5, 0.6) is 0 Å². The zero-order chi connectivity index (χ0) is 26.4. The molecule has 0 spiro atoms. The van der Waals surface area contributed by atoms with Crippen LogP contribution in [-0.4, -0.2) is 54.3 Å². The highest BCUT2D eigenvalue weighted by atomic mass is 32.2. The maximum Gasteiger partial charge on any atom is 0.269 e. The number of nitrogens with zero attached hydrogens (tertiary/aromatic N) is 3. The van der Waals surface area contributed by atoms with Crippen LogP contribution in [0.2, 0.25) is 0 Å². The van der Waals surface area contributed by atoms with Crippen molar-refractivity contribution in [1.29, 1.82) is 0 Å². The molecule has 0 aliphatic carbocycles. The molecule has 0 saturated carbocycles. The van der Waals surface area contributed by atoms with Crippen LogP contribution in [0.15, 0.2) is 70.9 Å². The first-order valence-electron chi connectivity index (χ1n) is 11.9. The Kier molecular flexibility index (Phi) is 8.70. The number of nitro benzene ring substituents is 1. The van der Waals surface area contributed by atoms with E-state index in [1.54, 1.807) is 16.2 Å². The van der Waals surface area contributed by atoms with E-state index in [4.69, 9.17) is 4.74 Å². The molecule has 1 aliphatic heterocycles. The average Bonchev–Trinajstić information content (AvgIpc) is 3.55. The topological polar surface area (TPSA) is 110 Å². The molecule has 2 heterocycles. The molecule has 0 bridgehead atoms. The Morgan fingerprint density at radius 3 is 2.43 bits per heavy atom. The molecule has 11 heteroatoms. The number of carbonyl (C=O) groups is 1. The molecule has 2 aromatic carbocycles. The third-order valence-electron chi connectivity index (χ3n) is 6.30. The van der Waals surface area contributed by atoms with Crippen LogP contribution < -0.4 is 0 Å². The third kappa shape index (κ3) is 6.80. The Morgan fingerprint density at radius 2 is 1.84 bits per heavy atom. The van der Waals surface area contributed by atoms with Gasteiger partial charge >= 0.3 is 0 Å². The van der Waals surface area contributed by atoms with E-state index in [-0.39, 0.29) is 35.7 Å². The summed E-state index contributed by atoms with van der Waals surface area (Å²) in [6.45, 7) is 2.89. The summed E-state index contributed by atoms with van der Waals surface area (Å²) in [7, 11) is -4.12. The molecular weight excluding hydrogens is 514 g/mol. The molecule has 1 unspecified atom stereocenters. The minimum Gasteiger partial charge on any atom is -0.377 e. The number of amides is 1. The molecule has 3 aromatic rings. The lowest BCUT2D eigenvalue weighted by Crippen LogP contribution is -2.45. The minimum absolute atomic E-state index is 0.0300. The molecule has 4 rings (SSSR count). The number of ether oxygens (including phenoxy) is 1. The highest BCUT2D eigenvalue weighted by Gasteiger charge is 2.32. The van der Waals surface area contributed by atoms with Crippen LogP contribution in [0, 0.1) is 17.0 Å². The summed E-state index contributed by atoms with van der Waals surface area (Å²) >= 11 is 1.56. The van der Waals surface area contributed by atoms with E-state index in [0.29, 0.717) is 26.1 Å². The van der Waals surface area contributed by atoms with Gasteiger partial charge in [-0.1, -0.05) is 30.3 Å². The van der Waals surface area contributed by atoms with Crippen LogP contribution >= 0.6 is 11.3 Å². The van der Waals surface area contributed by atoms with Crippen molar-refractivity contribution in [3.05, 3.63) is 92.2 Å². The Balaban J connectivity index is 1.61. The maximum absolute atomic E-state index is 13.7. The van der Waals surface area contributed by atoms with Gasteiger partial charge in [0.25, 0.3) is 5.69 Å². The van der Waals surface area contributed by atoms with Crippen LogP contribution in [0.3, 0.4) is 0 Å². The van der Waals surface area contributed by atoms with Gasteiger partial charge in [0.2, 0.25) is 15.9 Å². The van der Waals surface area contributed by atoms with Gasteiger partial charge in [-0.25, -0.2) is 8.42 Å². The number of sulfonamides is 1. The van der Waals surface area contributed by atoms with E-state index < -0.39 is 14.9 Å². The second-order valence-corrected chi connectivity index (χ2v) is 11.9. The molecular formula is C26H29N3O6S2. The normalized spacial score (nSPS) is 15.7. The van der Waals surface area contributed by atoms with Gasteiger partial charge in [-0.05, 0) is 54.5 Å². The number of thiophene rings is 1. The molecule has 1 saturated heterocycles. The van der Waals surface area contributed by atoms with Gasteiger partial charge in [-0.15, -0.1) is 11.3 Å². The van der Waals surface area contributed by atoms with E-state index in [0.717, 1.165) is 38.9 Å². The Morgan fingerprint density at radius 1 is 1.11 bits per heavy atom. The fourth-order valence-electron chi connectivity index (χ4n) is 4.18. The van der Waals surface area contributed by atoms with E-state index in [9.17, 15) is 23.3 Å². The Labute approximate surface area is 220 Å². The van der Waals surface area contributed by atoms with Gasteiger partial charge in [-0.2, -0.15) is 4.31 Å². The van der Waals surface area contributed by atoms with Gasteiger partial charge in [0, 0.05) is 36.7 Å². The number of carbonyl (C=O) groups excluding carboxylic acids is 1. The molecule has 0 radical (unpaired) electrons. The van der Waals surface area contributed by atoms with E-state index >= 15 is 0 Å². The number of benzene rings is 2. The number of aryl methyl sites for hydroxylation is 1. The highest BCUT2D eigenvalue weighted by molar-refractivity contribution is 7.89. The zero-order valence-electron chi connectivity index (χ0n) is 20.5. The number of hydrogen-bond donors (Lipinski definition) is 0. The molecule has 1 atom stereocenters. The fraction of sp³-hybridized carbons (Fsp3) is 0.346. The van der Waals surface area contributed by atoms with Crippen molar-refractivity contribution < 1.29 is 22.9 Å². The smallest absolute Gasteiger partial charge is 0.269 e. The molecule has 196 valence electrons. The predicted octanol–water partition coefficient (Wildman–Crippen LogP) is 4.36. The molecule has 1 fully saturated rings. The van der Waals surface area contributed by atoms with Crippen molar-refractivity contribution in [3.63, 3.8) is 0 Å². The van der Waals surface area contributed by atoms with Crippen molar-refractivity contribution in [3.8, 4) is 0 Å². The van der Waals surface area contributed by atoms with Crippen LogP contribution in [0.25, 0.3) is 0 Å². The first kappa shape index (κ1) is 26.9. The SMILES string of the molecule is Cc1ccsc1CN(Cc1ccccc1)C(=O)CN(CC1CCCO1)S(=O)(=O)c1ccc([N+](=O)[O-])cc1. The summed E-state index contributed by atoms with van der Waals surface area (Å²) in [5.74, 6) is -0.333. The Bertz CT molecular complexity index is 1320. The summed E-state index contributed by atoms with van der Waals surface area (Å²) in [5.41, 5.74) is 1.81. The predicted molar refractivity (Wildman–Crippen MR) is 141 cm³/mol. The minimum atomic E-state index is -4.12. The molecule has 37 heavy (non-hydrogen) atoms. The van der Waals surface area contributed by atoms with Crippen molar-refractivity contribution in [2.45, 2.75) is 43.9 Å². The molecule has 0 N–H and O–H groups in total. The quantitative estimate of drug-likeness (QED) is 0.263. The number of hydrogen-bond acceptors (Lipinski definition) is 7. The Hall–Kier alpha value is -3.12. The fourth-order valence-corrected chi connectivity index (χ4v) is 6.52. The molecule has 1 aromatic heterocycles. The number of non-ortho nitro benzene ring substituents is 1. The average molecular weight is 544 g/mol. The molecule has 1 aliphatic rings. The van der Waals surface area contributed by atoms with Gasteiger partial charge in [0.1, 0.15) is 0 Å². The monoisotopic (exact) mass is 543 g/mol. The highest BCUT2D eigenvalue weighted by Crippen LogP contribution is 2.24. The van der Waals surface area contributed by atoms with Crippen molar-refractivity contribution in [2.24, 2.45) is 0 Å². The van der Waals surface area contributed by atoms with Crippen molar-refractivity contribution >= 4 is 33.0 Å². The van der Waals surface area contributed by atoms with Crippen molar-refractivity contribution in [2.75, 3.05) is 19.7 Å². The van der Waals surface area contributed by atoms with E-state index in [2.05, 4.69) is 0 Å². The molecule has 9 nitrogen and oxygen atoms in total. The largest absolute Gasteiger partial charge is 0.377 e. The lowest BCUT2D eigenvalue weighted by Gasteiger charge is -2.28. The second kappa shape index (κ2) is 12.0. The first-order chi connectivity index (χ1) is 17.7. The third-order valence-corrected chi connectivity index (χ3v) is 9.13. The van der Waals surface area contributed by atoms with Gasteiger partial charge in [-0.3, -0.25) is 14.9 Å². The van der Waals surface area contributed by atoms with E-state index in [1.807, 2.05) is 48.7 Å². The van der Waals surface area contributed by atoms with Crippen LogP contribution in [0.1, 0.15) is 28.8 Å². The van der Waals surface area contributed by atoms with Crippen molar-refractivity contribution in [1.82, 2.24) is 9.21 Å².